The summed E-state index contributed by atoms with van der Waals surface area (Å²) in [5, 5.41) is 2.75. The van der Waals surface area contributed by atoms with Crippen LogP contribution in [0.15, 0.2) is 47.4 Å². The highest BCUT2D eigenvalue weighted by Crippen LogP contribution is 2.34. The molecule has 0 bridgehead atoms. The lowest BCUT2D eigenvalue weighted by Gasteiger charge is -2.16. The maximum Gasteiger partial charge on any atom is 0.233 e. The van der Waals surface area contributed by atoms with Crippen molar-refractivity contribution in [1.29, 1.82) is 0 Å². The van der Waals surface area contributed by atoms with E-state index in [0.717, 1.165) is 10.5 Å². The Morgan fingerprint density at radius 1 is 1.00 bits per heavy atom. The summed E-state index contributed by atoms with van der Waals surface area (Å²) in [4.78, 5) is 13.4. The van der Waals surface area contributed by atoms with E-state index in [1.807, 2.05) is 43.3 Å². The van der Waals surface area contributed by atoms with Gasteiger partial charge in [-0.3, -0.25) is 4.79 Å². The van der Waals surface area contributed by atoms with E-state index < -0.39 is 0 Å². The smallest absolute Gasteiger partial charge is 0.233 e. The van der Waals surface area contributed by atoms with Crippen molar-refractivity contribution in [3.63, 3.8) is 0 Å². The van der Waals surface area contributed by atoms with Gasteiger partial charge in [0.1, 0.15) is 5.75 Å². The van der Waals surface area contributed by atoms with Gasteiger partial charge < -0.3 is 19.5 Å². The number of benzene rings is 2. The fraction of sp³-hybridized carbons (Fsp3) is 0.316. The molecule has 0 radical (unpaired) electrons. The van der Waals surface area contributed by atoms with Gasteiger partial charge in [0.05, 0.1) is 26.6 Å². The number of carbonyl (C=O) groups excluding carboxylic acids is 1. The monoisotopic (exact) mass is 361 g/mol. The average molecular weight is 361 g/mol. The van der Waals surface area contributed by atoms with E-state index in [-0.39, 0.29) is 11.2 Å². The van der Waals surface area contributed by atoms with Crippen LogP contribution >= 0.6 is 11.8 Å². The zero-order chi connectivity index (χ0) is 18.2. The number of nitrogens with one attached hydrogen (secondary N) is 1. The van der Waals surface area contributed by atoms with Crippen LogP contribution in [0.5, 0.6) is 17.2 Å². The van der Waals surface area contributed by atoms with Crippen molar-refractivity contribution in [3.05, 3.63) is 48.0 Å². The summed E-state index contributed by atoms with van der Waals surface area (Å²) in [6.45, 7) is 2.24. The molecule has 1 amide bonds. The van der Waals surface area contributed by atoms with E-state index in [4.69, 9.17) is 14.2 Å². The van der Waals surface area contributed by atoms with E-state index in [0.29, 0.717) is 23.8 Å². The van der Waals surface area contributed by atoms with E-state index in [1.54, 1.807) is 27.4 Å². The zero-order valence-electron chi connectivity index (χ0n) is 14.9. The SMILES string of the molecule is COc1cc(OC)c(OC)cc1CNC(=O)C(C)Sc1ccccc1. The van der Waals surface area contributed by atoms with Crippen LogP contribution in [-0.4, -0.2) is 32.5 Å². The Balaban J connectivity index is 2.03. The Morgan fingerprint density at radius 3 is 2.20 bits per heavy atom. The first kappa shape index (κ1) is 19.0. The molecule has 5 nitrogen and oxygen atoms in total. The first-order valence-electron chi connectivity index (χ1n) is 7.87. The second kappa shape index (κ2) is 9.22. The van der Waals surface area contributed by atoms with E-state index in [9.17, 15) is 4.79 Å². The number of hydrogen-bond donors (Lipinski definition) is 1. The standard InChI is InChI=1S/C19H23NO4S/c1-13(25-15-8-6-5-7-9-15)19(21)20-12-14-10-17(23-3)18(24-4)11-16(14)22-2/h5-11,13H,12H2,1-4H3,(H,20,21). The number of amides is 1. The van der Waals surface area contributed by atoms with Crippen molar-refractivity contribution in [2.24, 2.45) is 0 Å². The largest absolute Gasteiger partial charge is 0.496 e. The highest BCUT2D eigenvalue weighted by atomic mass is 32.2. The number of thioether (sulfide) groups is 1. The van der Waals surface area contributed by atoms with Crippen LogP contribution in [-0.2, 0) is 11.3 Å². The average Bonchev–Trinajstić information content (AvgIpc) is 2.65. The van der Waals surface area contributed by atoms with E-state index >= 15 is 0 Å². The molecule has 1 N–H and O–H groups in total. The highest BCUT2D eigenvalue weighted by molar-refractivity contribution is 8.00. The summed E-state index contributed by atoms with van der Waals surface area (Å²) in [6.07, 6.45) is 0. The first-order valence-corrected chi connectivity index (χ1v) is 8.75. The molecule has 0 spiro atoms. The summed E-state index contributed by atoms with van der Waals surface area (Å²) in [5.41, 5.74) is 0.824. The molecule has 0 aliphatic rings. The Hall–Kier alpha value is -2.34. The molecule has 2 aromatic carbocycles. The van der Waals surface area contributed by atoms with Crippen LogP contribution in [0.25, 0.3) is 0 Å². The number of rotatable bonds is 8. The molecule has 0 heterocycles. The summed E-state index contributed by atoms with van der Waals surface area (Å²) in [6, 6.07) is 13.4. The minimum absolute atomic E-state index is 0.0364. The van der Waals surface area contributed by atoms with Crippen molar-refractivity contribution in [3.8, 4) is 17.2 Å². The lowest BCUT2D eigenvalue weighted by molar-refractivity contribution is -0.120. The molecule has 0 aromatic heterocycles. The molecular weight excluding hydrogens is 338 g/mol. The summed E-state index contributed by atoms with van der Waals surface area (Å²) in [5.74, 6) is 1.79. The van der Waals surface area contributed by atoms with Gasteiger partial charge in [-0.15, -0.1) is 11.8 Å². The minimum Gasteiger partial charge on any atom is -0.496 e. The normalized spacial score (nSPS) is 11.5. The summed E-state index contributed by atoms with van der Waals surface area (Å²) < 4.78 is 16.0. The Labute approximate surface area is 152 Å². The third-order valence-electron chi connectivity index (χ3n) is 3.66. The van der Waals surface area contributed by atoms with Crippen LogP contribution in [0.2, 0.25) is 0 Å². The van der Waals surface area contributed by atoms with Gasteiger partial charge in [-0.05, 0) is 25.1 Å². The van der Waals surface area contributed by atoms with Crippen LogP contribution in [0, 0.1) is 0 Å². The van der Waals surface area contributed by atoms with Crippen LogP contribution in [0.1, 0.15) is 12.5 Å². The van der Waals surface area contributed by atoms with Gasteiger partial charge in [0.25, 0.3) is 0 Å². The molecule has 0 aliphatic carbocycles. The molecule has 2 rings (SSSR count). The zero-order valence-corrected chi connectivity index (χ0v) is 15.7. The quantitative estimate of drug-likeness (QED) is 0.729. The molecule has 1 atom stereocenters. The van der Waals surface area contributed by atoms with Crippen molar-refractivity contribution < 1.29 is 19.0 Å². The molecule has 134 valence electrons. The van der Waals surface area contributed by atoms with Gasteiger partial charge in [-0.25, -0.2) is 0 Å². The molecule has 0 saturated carbocycles. The van der Waals surface area contributed by atoms with Gasteiger partial charge in [-0.1, -0.05) is 18.2 Å². The lowest BCUT2D eigenvalue weighted by Crippen LogP contribution is -2.30. The van der Waals surface area contributed by atoms with Gasteiger partial charge in [0, 0.05) is 23.1 Å². The second-order valence-electron chi connectivity index (χ2n) is 5.31. The number of hydrogen-bond acceptors (Lipinski definition) is 5. The fourth-order valence-corrected chi connectivity index (χ4v) is 3.23. The fourth-order valence-electron chi connectivity index (χ4n) is 2.31. The van der Waals surface area contributed by atoms with Gasteiger partial charge >= 0.3 is 0 Å². The molecular formula is C19H23NO4S. The third-order valence-corrected chi connectivity index (χ3v) is 4.78. The molecule has 0 fully saturated rings. The molecule has 1 unspecified atom stereocenters. The number of ether oxygens (including phenoxy) is 3. The van der Waals surface area contributed by atoms with Gasteiger partial charge in [0.2, 0.25) is 5.91 Å². The number of methoxy groups -OCH3 is 3. The maximum atomic E-state index is 12.4. The van der Waals surface area contributed by atoms with E-state index in [1.165, 1.54) is 11.8 Å². The Bertz CT molecular complexity index is 706. The van der Waals surface area contributed by atoms with Crippen molar-refractivity contribution in [1.82, 2.24) is 5.32 Å². The predicted molar refractivity (Wildman–Crippen MR) is 99.7 cm³/mol. The maximum absolute atomic E-state index is 12.4. The Morgan fingerprint density at radius 2 is 1.60 bits per heavy atom. The third kappa shape index (κ3) is 5.06. The van der Waals surface area contributed by atoms with Crippen molar-refractivity contribution in [2.75, 3.05) is 21.3 Å². The second-order valence-corrected chi connectivity index (χ2v) is 6.72. The topological polar surface area (TPSA) is 56.8 Å². The van der Waals surface area contributed by atoms with Crippen molar-refractivity contribution >= 4 is 17.7 Å². The van der Waals surface area contributed by atoms with Crippen LogP contribution < -0.4 is 19.5 Å². The highest BCUT2D eigenvalue weighted by Gasteiger charge is 2.16. The molecule has 2 aromatic rings. The van der Waals surface area contributed by atoms with Gasteiger partial charge in [-0.2, -0.15) is 0 Å². The van der Waals surface area contributed by atoms with E-state index in [2.05, 4.69) is 5.32 Å². The first-order chi connectivity index (χ1) is 12.1. The Kier molecular flexibility index (Phi) is 7.01. The molecule has 0 saturated heterocycles. The molecule has 6 heteroatoms. The van der Waals surface area contributed by atoms with Gasteiger partial charge in [0.15, 0.2) is 11.5 Å². The molecule has 0 aliphatic heterocycles. The number of carbonyl (C=O) groups is 1. The van der Waals surface area contributed by atoms with Crippen LogP contribution in [0.3, 0.4) is 0 Å². The van der Waals surface area contributed by atoms with Crippen LogP contribution in [0.4, 0.5) is 0 Å². The lowest BCUT2D eigenvalue weighted by atomic mass is 10.1. The minimum atomic E-state index is -0.200. The van der Waals surface area contributed by atoms with Crippen molar-refractivity contribution in [2.45, 2.75) is 23.6 Å². The summed E-state index contributed by atoms with van der Waals surface area (Å²) in [7, 11) is 4.73. The predicted octanol–water partition coefficient (Wildman–Crippen LogP) is 3.51. The summed E-state index contributed by atoms with van der Waals surface area (Å²) >= 11 is 1.52. The molecule has 25 heavy (non-hydrogen) atoms.